The van der Waals surface area contributed by atoms with Crippen molar-refractivity contribution in [1.82, 2.24) is 0 Å². The van der Waals surface area contributed by atoms with Crippen molar-refractivity contribution in [2.45, 2.75) is 6.92 Å². The predicted octanol–water partition coefficient (Wildman–Crippen LogP) is 3.16. The molecule has 0 saturated heterocycles. The summed E-state index contributed by atoms with van der Waals surface area (Å²) in [6.07, 6.45) is 0. The summed E-state index contributed by atoms with van der Waals surface area (Å²) in [5, 5.41) is 0. The molecule has 0 heterocycles. The number of carbonyl (C=O) groups is 2. The monoisotopic (exact) mass is 284 g/mol. The zero-order valence-electron chi connectivity index (χ0n) is 12.0. The molecule has 0 bridgehead atoms. The van der Waals surface area contributed by atoms with Crippen molar-refractivity contribution >= 4 is 11.6 Å². The topological polar surface area (TPSA) is 52.6 Å². The third-order valence-corrected chi connectivity index (χ3v) is 3.00. The Morgan fingerprint density at radius 1 is 0.952 bits per heavy atom. The Kier molecular flexibility index (Phi) is 4.72. The first-order chi connectivity index (χ1) is 10.1. The maximum atomic E-state index is 12.1. The van der Waals surface area contributed by atoms with Gasteiger partial charge in [0.25, 0.3) is 0 Å². The van der Waals surface area contributed by atoms with Gasteiger partial charge in [-0.15, -0.1) is 0 Å². The van der Waals surface area contributed by atoms with Gasteiger partial charge in [-0.3, -0.25) is 9.59 Å². The first-order valence-electron chi connectivity index (χ1n) is 6.51. The lowest BCUT2D eigenvalue weighted by Gasteiger charge is -2.07. The molecule has 0 aliphatic heterocycles. The molecule has 0 spiro atoms. The highest BCUT2D eigenvalue weighted by Gasteiger charge is 2.08. The van der Waals surface area contributed by atoms with E-state index < -0.39 is 0 Å². The Hall–Kier alpha value is -2.62. The van der Waals surface area contributed by atoms with Gasteiger partial charge < -0.3 is 9.47 Å². The van der Waals surface area contributed by atoms with Crippen LogP contribution in [0.25, 0.3) is 0 Å². The Morgan fingerprint density at radius 3 is 2.24 bits per heavy atom. The van der Waals surface area contributed by atoms with Gasteiger partial charge in [0.2, 0.25) is 0 Å². The third kappa shape index (κ3) is 3.92. The predicted molar refractivity (Wildman–Crippen MR) is 79.3 cm³/mol. The molecule has 0 atom stereocenters. The first kappa shape index (κ1) is 14.8. The van der Waals surface area contributed by atoms with Crippen LogP contribution in [0.3, 0.4) is 0 Å². The highest BCUT2D eigenvalue weighted by Crippen LogP contribution is 2.16. The lowest BCUT2D eigenvalue weighted by molar-refractivity contribution is 0.0921. The van der Waals surface area contributed by atoms with E-state index in [-0.39, 0.29) is 18.2 Å². The fourth-order valence-corrected chi connectivity index (χ4v) is 1.83. The van der Waals surface area contributed by atoms with Crippen LogP contribution in [0.5, 0.6) is 11.5 Å². The van der Waals surface area contributed by atoms with Crippen LogP contribution >= 0.6 is 0 Å². The molecule has 0 radical (unpaired) electrons. The van der Waals surface area contributed by atoms with Crippen LogP contribution in [0.2, 0.25) is 0 Å². The van der Waals surface area contributed by atoms with Crippen molar-refractivity contribution in [3.05, 3.63) is 59.7 Å². The number of benzene rings is 2. The summed E-state index contributed by atoms with van der Waals surface area (Å²) < 4.78 is 10.5. The molecule has 4 heteroatoms. The zero-order chi connectivity index (χ0) is 15.2. The van der Waals surface area contributed by atoms with Crippen LogP contribution in [-0.2, 0) is 0 Å². The van der Waals surface area contributed by atoms with E-state index in [0.29, 0.717) is 22.6 Å². The number of ether oxygens (including phenoxy) is 2. The van der Waals surface area contributed by atoms with Crippen LogP contribution in [0.15, 0.2) is 48.5 Å². The molecule has 0 aliphatic carbocycles. The van der Waals surface area contributed by atoms with E-state index in [4.69, 9.17) is 9.47 Å². The molecule has 108 valence electrons. The Labute approximate surface area is 123 Å². The van der Waals surface area contributed by atoms with Gasteiger partial charge in [0.05, 0.1) is 7.11 Å². The highest BCUT2D eigenvalue weighted by atomic mass is 16.5. The van der Waals surface area contributed by atoms with Crippen molar-refractivity contribution in [2.75, 3.05) is 13.7 Å². The fourth-order valence-electron chi connectivity index (χ4n) is 1.83. The average molecular weight is 284 g/mol. The van der Waals surface area contributed by atoms with Crippen LogP contribution in [0.1, 0.15) is 27.6 Å². The van der Waals surface area contributed by atoms with Gasteiger partial charge in [-0.1, -0.05) is 24.3 Å². The standard InChI is InChI=1S/C17H16O4/c1-12(18)13-5-3-8-16(9-13)21-11-17(19)14-6-4-7-15(10-14)20-2/h3-10H,11H2,1-2H3. The van der Waals surface area contributed by atoms with Gasteiger partial charge in [-0.05, 0) is 31.2 Å². The molecule has 0 unspecified atom stereocenters. The minimum atomic E-state index is -0.151. The summed E-state index contributed by atoms with van der Waals surface area (Å²) in [5.41, 5.74) is 1.08. The van der Waals surface area contributed by atoms with Gasteiger partial charge in [0, 0.05) is 11.1 Å². The zero-order valence-corrected chi connectivity index (χ0v) is 12.0. The number of rotatable bonds is 6. The lowest BCUT2D eigenvalue weighted by atomic mass is 10.1. The fraction of sp³-hybridized carbons (Fsp3) is 0.176. The van der Waals surface area contributed by atoms with Gasteiger partial charge >= 0.3 is 0 Å². The molecule has 4 nitrogen and oxygen atoms in total. The van der Waals surface area contributed by atoms with Gasteiger partial charge in [0.1, 0.15) is 11.5 Å². The van der Waals surface area contributed by atoms with E-state index >= 15 is 0 Å². The maximum absolute atomic E-state index is 12.1. The molecule has 0 fully saturated rings. The maximum Gasteiger partial charge on any atom is 0.200 e. The molecule has 2 aromatic rings. The Bertz CT molecular complexity index is 661. The van der Waals surface area contributed by atoms with Gasteiger partial charge in [0.15, 0.2) is 18.2 Å². The minimum Gasteiger partial charge on any atom is -0.497 e. The quantitative estimate of drug-likeness (QED) is 0.765. The number of Topliss-reactive ketones (excluding diaryl/α,β-unsaturated/α-hetero) is 2. The number of carbonyl (C=O) groups excluding carboxylic acids is 2. The number of methoxy groups -OCH3 is 1. The van der Waals surface area contributed by atoms with E-state index in [9.17, 15) is 9.59 Å². The molecular formula is C17H16O4. The van der Waals surface area contributed by atoms with E-state index in [1.807, 2.05) is 0 Å². The van der Waals surface area contributed by atoms with Gasteiger partial charge in [-0.2, -0.15) is 0 Å². The summed E-state index contributed by atoms with van der Waals surface area (Å²) >= 11 is 0. The molecule has 0 aliphatic rings. The van der Waals surface area contributed by atoms with E-state index in [1.165, 1.54) is 6.92 Å². The Morgan fingerprint density at radius 2 is 1.57 bits per heavy atom. The third-order valence-electron chi connectivity index (χ3n) is 3.00. The van der Waals surface area contributed by atoms with Crippen molar-refractivity contribution in [3.8, 4) is 11.5 Å². The summed E-state index contributed by atoms with van der Waals surface area (Å²) in [5.74, 6) is 0.931. The SMILES string of the molecule is COc1cccc(C(=O)COc2cccc(C(C)=O)c2)c1. The molecule has 0 amide bonds. The molecule has 21 heavy (non-hydrogen) atoms. The number of hydrogen-bond acceptors (Lipinski definition) is 4. The van der Waals surface area contributed by atoms with Crippen molar-refractivity contribution in [2.24, 2.45) is 0 Å². The van der Waals surface area contributed by atoms with E-state index in [2.05, 4.69) is 0 Å². The van der Waals surface area contributed by atoms with Crippen LogP contribution in [0.4, 0.5) is 0 Å². The summed E-state index contributed by atoms with van der Waals surface area (Å²) in [6.45, 7) is 1.40. The second-order valence-electron chi connectivity index (χ2n) is 4.53. The average Bonchev–Trinajstić information content (AvgIpc) is 2.53. The number of ketones is 2. The normalized spacial score (nSPS) is 10.0. The molecule has 0 N–H and O–H groups in total. The van der Waals surface area contributed by atoms with Crippen molar-refractivity contribution in [1.29, 1.82) is 0 Å². The molecule has 0 saturated carbocycles. The largest absolute Gasteiger partial charge is 0.497 e. The molecule has 0 aromatic heterocycles. The van der Waals surface area contributed by atoms with Crippen LogP contribution in [0, 0.1) is 0 Å². The van der Waals surface area contributed by atoms with E-state index in [1.54, 1.807) is 55.6 Å². The van der Waals surface area contributed by atoms with Crippen molar-refractivity contribution in [3.63, 3.8) is 0 Å². The second kappa shape index (κ2) is 6.70. The first-order valence-corrected chi connectivity index (χ1v) is 6.51. The Balaban J connectivity index is 2.03. The van der Waals surface area contributed by atoms with Gasteiger partial charge in [-0.25, -0.2) is 0 Å². The highest BCUT2D eigenvalue weighted by molar-refractivity contribution is 5.97. The second-order valence-corrected chi connectivity index (χ2v) is 4.53. The number of hydrogen-bond donors (Lipinski definition) is 0. The smallest absolute Gasteiger partial charge is 0.200 e. The minimum absolute atomic E-state index is 0.0421. The molecule has 2 aromatic carbocycles. The summed E-state index contributed by atoms with van der Waals surface area (Å²) in [6, 6.07) is 13.7. The summed E-state index contributed by atoms with van der Waals surface area (Å²) in [7, 11) is 1.55. The van der Waals surface area contributed by atoms with E-state index in [0.717, 1.165) is 0 Å². The molecular weight excluding hydrogens is 268 g/mol. The summed E-state index contributed by atoms with van der Waals surface area (Å²) in [4.78, 5) is 23.3. The van der Waals surface area contributed by atoms with Crippen LogP contribution in [-0.4, -0.2) is 25.3 Å². The molecule has 2 rings (SSSR count). The lowest BCUT2D eigenvalue weighted by Crippen LogP contribution is -2.11. The van der Waals surface area contributed by atoms with Crippen LogP contribution < -0.4 is 9.47 Å². The van der Waals surface area contributed by atoms with Crippen molar-refractivity contribution < 1.29 is 19.1 Å².